The van der Waals surface area contributed by atoms with Crippen LogP contribution in [0.15, 0.2) is 203 Å². The van der Waals surface area contributed by atoms with Gasteiger partial charge in [-0.1, -0.05) is 133 Å². The molecule has 0 aliphatic rings. The van der Waals surface area contributed by atoms with E-state index in [0.29, 0.717) is 17.2 Å². The number of nitrogens with zero attached hydrogens (tertiary/aromatic N) is 4. The zero-order valence-electron chi connectivity index (χ0n) is 34.1. The van der Waals surface area contributed by atoms with Crippen LogP contribution in [-0.4, -0.2) is 19.1 Å². The molecule has 5 aromatic heterocycles. The molecule has 64 heavy (non-hydrogen) atoms. The molecule has 6 nitrogen and oxygen atoms in total. The molecule has 6 heteroatoms. The number of furan rings is 2. The van der Waals surface area contributed by atoms with Gasteiger partial charge in [0.05, 0.1) is 22.1 Å². The molecule has 15 aromatic rings. The Morgan fingerprint density at radius 2 is 0.969 bits per heavy atom. The molecule has 0 N–H and O–H groups in total. The molecule has 0 aliphatic heterocycles. The van der Waals surface area contributed by atoms with Gasteiger partial charge in [0.2, 0.25) is 5.95 Å². The Labute approximate surface area is 363 Å². The van der Waals surface area contributed by atoms with Crippen molar-refractivity contribution >= 4 is 120 Å². The first-order chi connectivity index (χ1) is 31.8. The van der Waals surface area contributed by atoms with Gasteiger partial charge in [0.25, 0.3) is 0 Å². The second-order valence-electron chi connectivity index (χ2n) is 16.8. The highest BCUT2D eigenvalue weighted by molar-refractivity contribution is 6.39. The Morgan fingerprint density at radius 3 is 1.78 bits per heavy atom. The van der Waals surface area contributed by atoms with Crippen LogP contribution in [0.1, 0.15) is 0 Å². The van der Waals surface area contributed by atoms with E-state index in [4.69, 9.17) is 18.8 Å². The number of fused-ring (bicyclic) bond motifs is 20. The smallest absolute Gasteiger partial charge is 0.236 e. The molecule has 0 saturated heterocycles. The Morgan fingerprint density at radius 1 is 0.359 bits per heavy atom. The van der Waals surface area contributed by atoms with E-state index in [0.717, 1.165) is 87.9 Å². The van der Waals surface area contributed by atoms with E-state index < -0.39 is 0 Å². The van der Waals surface area contributed by atoms with Gasteiger partial charge in [0.15, 0.2) is 5.58 Å². The number of benzene rings is 10. The Kier molecular flexibility index (Phi) is 6.59. The maximum atomic E-state index is 6.76. The Hall–Kier alpha value is -8.74. The van der Waals surface area contributed by atoms with Crippen molar-refractivity contribution in [2.45, 2.75) is 0 Å². The van der Waals surface area contributed by atoms with Gasteiger partial charge in [-0.15, -0.1) is 0 Å². The lowest BCUT2D eigenvalue weighted by Gasteiger charge is -2.14. The van der Waals surface area contributed by atoms with Crippen LogP contribution < -0.4 is 0 Å². The first-order valence-electron chi connectivity index (χ1n) is 21.7. The molecule has 296 valence electrons. The number of hydrogen-bond acceptors (Lipinski definition) is 4. The highest BCUT2D eigenvalue weighted by Gasteiger charge is 2.28. The second-order valence-corrected chi connectivity index (χ2v) is 16.8. The minimum Gasteiger partial charge on any atom is -0.456 e. The van der Waals surface area contributed by atoms with Crippen LogP contribution in [0, 0.1) is 0 Å². The van der Waals surface area contributed by atoms with E-state index in [-0.39, 0.29) is 0 Å². The molecule has 10 aromatic carbocycles. The van der Waals surface area contributed by atoms with Crippen LogP contribution in [0.25, 0.3) is 143 Å². The maximum Gasteiger partial charge on any atom is 0.236 e. The molecule has 0 atom stereocenters. The van der Waals surface area contributed by atoms with Crippen molar-refractivity contribution in [1.82, 2.24) is 19.1 Å². The average molecular weight is 817 g/mol. The number of hydrogen-bond donors (Lipinski definition) is 0. The van der Waals surface area contributed by atoms with Crippen molar-refractivity contribution in [3.63, 3.8) is 0 Å². The molecule has 0 spiro atoms. The van der Waals surface area contributed by atoms with E-state index in [1.165, 1.54) is 37.7 Å². The number of rotatable bonds is 3. The molecule has 0 fully saturated rings. The van der Waals surface area contributed by atoms with Gasteiger partial charge in [-0.2, -0.15) is 0 Å². The largest absolute Gasteiger partial charge is 0.456 e. The van der Waals surface area contributed by atoms with Gasteiger partial charge >= 0.3 is 0 Å². The van der Waals surface area contributed by atoms with Crippen LogP contribution in [0.2, 0.25) is 0 Å². The van der Waals surface area contributed by atoms with Gasteiger partial charge in [-0.25, -0.2) is 9.97 Å². The maximum absolute atomic E-state index is 6.76. The van der Waals surface area contributed by atoms with Crippen molar-refractivity contribution in [1.29, 1.82) is 0 Å². The molecule has 0 radical (unpaired) electrons. The third kappa shape index (κ3) is 4.43. The number of para-hydroxylation sites is 3. The topological polar surface area (TPSA) is 61.9 Å². The standard InChI is InChI=1S/C58H32N4O2/c1-2-16-36(17-3-1)61-45-29-26-33-14-5-7-19-38(33)51(45)52-40-21-9-8-20-39(40)50-41-22-10-12-24-44(41)62(55(50)56(52)61)58-59-53(57-54(60-58)42-23-11-13-25-46(42)64-57)35-28-30-47-43(32-35)49-37-18-6-4-15-34(37)27-31-48(49)63-47/h1-32H. The fourth-order valence-electron chi connectivity index (χ4n) is 10.8. The second kappa shape index (κ2) is 12.4. The van der Waals surface area contributed by atoms with Crippen molar-refractivity contribution in [2.24, 2.45) is 0 Å². The summed E-state index contributed by atoms with van der Waals surface area (Å²) < 4.78 is 18.0. The van der Waals surface area contributed by atoms with Gasteiger partial charge in [-0.3, -0.25) is 4.57 Å². The molecule has 5 heterocycles. The summed E-state index contributed by atoms with van der Waals surface area (Å²) in [6, 6.07) is 68.8. The van der Waals surface area contributed by atoms with Crippen LogP contribution in [0.5, 0.6) is 0 Å². The molecule has 0 saturated carbocycles. The third-order valence-electron chi connectivity index (χ3n) is 13.5. The third-order valence-corrected chi connectivity index (χ3v) is 13.5. The molecular weight excluding hydrogens is 785 g/mol. The van der Waals surface area contributed by atoms with Gasteiger partial charge in [0, 0.05) is 49.0 Å². The lowest BCUT2D eigenvalue weighted by atomic mass is 9.96. The summed E-state index contributed by atoms with van der Waals surface area (Å²) in [6.45, 7) is 0. The summed E-state index contributed by atoms with van der Waals surface area (Å²) in [5.74, 6) is 0.564. The van der Waals surface area contributed by atoms with Crippen LogP contribution >= 0.6 is 0 Å². The molecule has 0 bridgehead atoms. The van der Waals surface area contributed by atoms with Crippen LogP contribution in [0.4, 0.5) is 0 Å². The van der Waals surface area contributed by atoms with Gasteiger partial charge in [-0.05, 0) is 93.0 Å². The first kappa shape index (κ1) is 33.9. The predicted molar refractivity (Wildman–Crippen MR) is 263 cm³/mol. The van der Waals surface area contributed by atoms with Crippen molar-refractivity contribution < 1.29 is 8.83 Å². The highest BCUT2D eigenvalue weighted by atomic mass is 16.3. The minimum atomic E-state index is 0.564. The Balaban J connectivity index is 1.15. The summed E-state index contributed by atoms with van der Waals surface area (Å²) in [5, 5.41) is 14.9. The van der Waals surface area contributed by atoms with E-state index >= 15 is 0 Å². The quantitative estimate of drug-likeness (QED) is 0.178. The highest BCUT2D eigenvalue weighted by Crippen LogP contribution is 2.49. The molecule has 0 unspecified atom stereocenters. The van der Waals surface area contributed by atoms with Crippen molar-refractivity contribution in [3.05, 3.63) is 194 Å². The fourth-order valence-corrected chi connectivity index (χ4v) is 10.8. The summed E-state index contributed by atoms with van der Waals surface area (Å²) in [6.07, 6.45) is 0. The minimum absolute atomic E-state index is 0.564. The number of aromatic nitrogens is 4. The fraction of sp³-hybridized carbons (Fsp3) is 0. The summed E-state index contributed by atoms with van der Waals surface area (Å²) in [7, 11) is 0. The van der Waals surface area contributed by atoms with E-state index in [1.54, 1.807) is 0 Å². The Bertz CT molecular complexity index is 4490. The van der Waals surface area contributed by atoms with E-state index in [1.807, 2.05) is 18.2 Å². The predicted octanol–water partition coefficient (Wildman–Crippen LogP) is 15.6. The monoisotopic (exact) mass is 816 g/mol. The van der Waals surface area contributed by atoms with Crippen LogP contribution in [-0.2, 0) is 0 Å². The molecule has 0 amide bonds. The van der Waals surface area contributed by atoms with E-state index in [2.05, 4.69) is 185 Å². The zero-order valence-corrected chi connectivity index (χ0v) is 34.1. The normalized spacial score (nSPS) is 12.4. The molecular formula is C58H32N4O2. The zero-order chi connectivity index (χ0) is 41.6. The SMILES string of the molecule is c1ccc(-n2c3ccc4ccccc4c3c3c4ccccc4c4c5ccccc5n(-c5nc(-c6ccc7oc8ccc9ccccc9c8c7c6)c6oc7ccccc7c6n5)c4c32)cc1. The molecule has 15 rings (SSSR count). The molecule has 0 aliphatic carbocycles. The summed E-state index contributed by atoms with van der Waals surface area (Å²) >= 11 is 0. The summed E-state index contributed by atoms with van der Waals surface area (Å²) in [5.41, 5.74) is 10.8. The van der Waals surface area contributed by atoms with Crippen LogP contribution in [0.3, 0.4) is 0 Å². The van der Waals surface area contributed by atoms with E-state index in [9.17, 15) is 0 Å². The van der Waals surface area contributed by atoms with Gasteiger partial charge < -0.3 is 13.4 Å². The lowest BCUT2D eigenvalue weighted by Crippen LogP contribution is -2.04. The van der Waals surface area contributed by atoms with Crippen molar-refractivity contribution in [3.8, 4) is 22.9 Å². The first-order valence-corrected chi connectivity index (χ1v) is 21.7. The average Bonchev–Trinajstić information content (AvgIpc) is 4.12. The van der Waals surface area contributed by atoms with Gasteiger partial charge in [0.1, 0.15) is 28.0 Å². The summed E-state index contributed by atoms with van der Waals surface area (Å²) in [4.78, 5) is 11.2. The van der Waals surface area contributed by atoms with Crippen molar-refractivity contribution in [2.75, 3.05) is 0 Å². The lowest BCUT2D eigenvalue weighted by molar-refractivity contribution is 0.666.